The van der Waals surface area contributed by atoms with E-state index >= 15 is 0 Å². The molecule has 2 aromatic rings. The molecule has 1 unspecified atom stereocenters. The quantitative estimate of drug-likeness (QED) is 0.841. The number of nitrogens with zero attached hydrogens (tertiary/aromatic N) is 1. The lowest BCUT2D eigenvalue weighted by Crippen LogP contribution is -2.42. The summed E-state index contributed by atoms with van der Waals surface area (Å²) in [4.78, 5) is 0. The van der Waals surface area contributed by atoms with Crippen LogP contribution in [0.5, 0.6) is 0 Å². The zero-order valence-corrected chi connectivity index (χ0v) is 11.3. The standard InChI is InChI=1S/C16H19N3O/c17-15-9-5-4-8-14(15)16-12-19(10-11-20-16)18-13-6-2-1-3-7-13/h1-9,16,18H,10-12,17H2. The van der Waals surface area contributed by atoms with Gasteiger partial charge in [0.2, 0.25) is 0 Å². The Morgan fingerprint density at radius 2 is 1.80 bits per heavy atom. The van der Waals surface area contributed by atoms with Crippen LogP contribution in [0.2, 0.25) is 0 Å². The molecular weight excluding hydrogens is 250 g/mol. The average molecular weight is 269 g/mol. The molecule has 1 aliphatic rings. The molecule has 1 atom stereocenters. The van der Waals surface area contributed by atoms with E-state index in [-0.39, 0.29) is 6.10 Å². The van der Waals surface area contributed by atoms with Gasteiger partial charge in [0.05, 0.1) is 12.7 Å². The number of para-hydroxylation sites is 2. The Hall–Kier alpha value is -2.04. The van der Waals surface area contributed by atoms with Gasteiger partial charge < -0.3 is 15.9 Å². The molecule has 3 rings (SSSR count). The highest BCUT2D eigenvalue weighted by molar-refractivity contribution is 5.48. The largest absolute Gasteiger partial charge is 0.398 e. The summed E-state index contributed by atoms with van der Waals surface area (Å²) in [5.74, 6) is 0. The van der Waals surface area contributed by atoms with Crippen molar-refractivity contribution in [2.75, 3.05) is 30.9 Å². The van der Waals surface area contributed by atoms with E-state index in [1.54, 1.807) is 0 Å². The van der Waals surface area contributed by atoms with E-state index in [0.717, 1.165) is 30.0 Å². The second kappa shape index (κ2) is 5.94. The zero-order chi connectivity index (χ0) is 13.8. The molecule has 0 amide bonds. The predicted octanol–water partition coefficient (Wildman–Crippen LogP) is 2.67. The number of morpholine rings is 1. The first kappa shape index (κ1) is 13.0. The summed E-state index contributed by atoms with van der Waals surface area (Å²) in [6.07, 6.45) is 0.0150. The van der Waals surface area contributed by atoms with Crippen molar-refractivity contribution < 1.29 is 4.74 Å². The molecule has 0 saturated carbocycles. The molecule has 2 aromatic carbocycles. The SMILES string of the molecule is Nc1ccccc1C1CN(Nc2ccccc2)CCO1. The molecule has 0 aromatic heterocycles. The molecule has 1 heterocycles. The molecule has 4 nitrogen and oxygen atoms in total. The second-order valence-electron chi connectivity index (χ2n) is 4.91. The number of rotatable bonds is 3. The van der Waals surface area contributed by atoms with Gasteiger partial charge in [-0.05, 0) is 18.2 Å². The number of hydrazine groups is 1. The van der Waals surface area contributed by atoms with Crippen LogP contribution in [-0.2, 0) is 4.74 Å². The highest BCUT2D eigenvalue weighted by Crippen LogP contribution is 2.26. The highest BCUT2D eigenvalue weighted by Gasteiger charge is 2.23. The Kier molecular flexibility index (Phi) is 3.85. The first-order valence-corrected chi connectivity index (χ1v) is 6.85. The lowest BCUT2D eigenvalue weighted by Gasteiger charge is -2.34. The van der Waals surface area contributed by atoms with Crippen molar-refractivity contribution in [3.05, 3.63) is 60.2 Å². The number of nitrogens with one attached hydrogen (secondary N) is 1. The first-order chi connectivity index (χ1) is 9.83. The lowest BCUT2D eigenvalue weighted by molar-refractivity contribution is -0.0209. The Bertz CT molecular complexity index is 559. The summed E-state index contributed by atoms with van der Waals surface area (Å²) >= 11 is 0. The van der Waals surface area contributed by atoms with Crippen molar-refractivity contribution in [2.24, 2.45) is 0 Å². The van der Waals surface area contributed by atoms with Gasteiger partial charge in [0.1, 0.15) is 0 Å². The molecule has 1 fully saturated rings. The van der Waals surface area contributed by atoms with Crippen molar-refractivity contribution in [3.8, 4) is 0 Å². The smallest absolute Gasteiger partial charge is 0.0990 e. The van der Waals surface area contributed by atoms with E-state index in [2.05, 4.69) is 22.6 Å². The Balaban J connectivity index is 1.69. The molecule has 4 heteroatoms. The van der Waals surface area contributed by atoms with E-state index in [1.807, 2.05) is 42.5 Å². The minimum Gasteiger partial charge on any atom is -0.398 e. The van der Waals surface area contributed by atoms with E-state index in [1.165, 1.54) is 0 Å². The third-order valence-corrected chi connectivity index (χ3v) is 3.47. The summed E-state index contributed by atoms with van der Waals surface area (Å²) < 4.78 is 5.85. The molecule has 0 aliphatic carbocycles. The number of hydrogen-bond donors (Lipinski definition) is 2. The number of ether oxygens (including phenoxy) is 1. The van der Waals surface area contributed by atoms with Crippen molar-refractivity contribution in [2.45, 2.75) is 6.10 Å². The third kappa shape index (κ3) is 2.92. The van der Waals surface area contributed by atoms with Gasteiger partial charge >= 0.3 is 0 Å². The van der Waals surface area contributed by atoms with E-state index < -0.39 is 0 Å². The van der Waals surface area contributed by atoms with Gasteiger partial charge in [-0.15, -0.1) is 0 Å². The fourth-order valence-electron chi connectivity index (χ4n) is 2.44. The molecule has 20 heavy (non-hydrogen) atoms. The van der Waals surface area contributed by atoms with Crippen LogP contribution in [0.25, 0.3) is 0 Å². The van der Waals surface area contributed by atoms with E-state index in [0.29, 0.717) is 6.61 Å². The normalized spacial score (nSPS) is 19.7. The van der Waals surface area contributed by atoms with Crippen molar-refractivity contribution >= 4 is 11.4 Å². The van der Waals surface area contributed by atoms with Gasteiger partial charge in [-0.1, -0.05) is 36.4 Å². The molecular formula is C16H19N3O. The minimum absolute atomic E-state index is 0.0150. The van der Waals surface area contributed by atoms with Crippen LogP contribution in [0.3, 0.4) is 0 Å². The van der Waals surface area contributed by atoms with Crippen LogP contribution in [0.1, 0.15) is 11.7 Å². The average Bonchev–Trinajstić information content (AvgIpc) is 2.49. The summed E-state index contributed by atoms with van der Waals surface area (Å²) in [6, 6.07) is 18.1. The third-order valence-electron chi connectivity index (χ3n) is 3.47. The van der Waals surface area contributed by atoms with Crippen LogP contribution < -0.4 is 11.2 Å². The molecule has 0 bridgehead atoms. The second-order valence-corrected chi connectivity index (χ2v) is 4.91. The number of anilines is 2. The van der Waals surface area contributed by atoms with Gasteiger partial charge in [-0.3, -0.25) is 0 Å². The van der Waals surface area contributed by atoms with Gasteiger partial charge in [0, 0.05) is 30.0 Å². The molecule has 0 radical (unpaired) electrons. The fraction of sp³-hybridized carbons (Fsp3) is 0.250. The molecule has 1 aliphatic heterocycles. The Morgan fingerprint density at radius 3 is 2.60 bits per heavy atom. The molecule has 104 valence electrons. The van der Waals surface area contributed by atoms with Gasteiger partial charge in [-0.2, -0.15) is 0 Å². The summed E-state index contributed by atoms with van der Waals surface area (Å²) in [7, 11) is 0. The van der Waals surface area contributed by atoms with E-state index in [4.69, 9.17) is 10.5 Å². The summed E-state index contributed by atoms with van der Waals surface area (Å²) in [5.41, 5.74) is 12.4. The van der Waals surface area contributed by atoms with Gasteiger partial charge in [0.15, 0.2) is 0 Å². The van der Waals surface area contributed by atoms with Crippen molar-refractivity contribution in [1.29, 1.82) is 0 Å². The van der Waals surface area contributed by atoms with E-state index in [9.17, 15) is 0 Å². The monoisotopic (exact) mass is 269 g/mol. The minimum atomic E-state index is 0.0150. The van der Waals surface area contributed by atoms with Crippen LogP contribution in [0, 0.1) is 0 Å². The molecule has 1 saturated heterocycles. The van der Waals surface area contributed by atoms with Crippen molar-refractivity contribution in [1.82, 2.24) is 5.01 Å². The topological polar surface area (TPSA) is 50.5 Å². The molecule has 3 N–H and O–H groups in total. The number of nitrogen functional groups attached to an aromatic ring is 1. The lowest BCUT2D eigenvalue weighted by atomic mass is 10.1. The van der Waals surface area contributed by atoms with Crippen LogP contribution in [0.4, 0.5) is 11.4 Å². The van der Waals surface area contributed by atoms with Gasteiger partial charge in [0.25, 0.3) is 0 Å². The zero-order valence-electron chi connectivity index (χ0n) is 11.3. The maximum Gasteiger partial charge on any atom is 0.0990 e. The number of hydrogen-bond acceptors (Lipinski definition) is 4. The van der Waals surface area contributed by atoms with Crippen LogP contribution in [-0.4, -0.2) is 24.7 Å². The molecule has 0 spiro atoms. The maximum absolute atomic E-state index is 6.03. The predicted molar refractivity (Wildman–Crippen MR) is 81.2 cm³/mol. The highest BCUT2D eigenvalue weighted by atomic mass is 16.5. The number of nitrogens with two attached hydrogens (primary N) is 1. The summed E-state index contributed by atoms with van der Waals surface area (Å²) in [6.45, 7) is 2.33. The maximum atomic E-state index is 6.03. The van der Waals surface area contributed by atoms with Crippen LogP contribution >= 0.6 is 0 Å². The van der Waals surface area contributed by atoms with Gasteiger partial charge in [-0.25, -0.2) is 5.01 Å². The summed E-state index contributed by atoms with van der Waals surface area (Å²) in [5, 5.41) is 2.18. The number of benzene rings is 2. The Labute approximate surface area is 119 Å². The van der Waals surface area contributed by atoms with Crippen LogP contribution in [0.15, 0.2) is 54.6 Å². The Morgan fingerprint density at radius 1 is 1.05 bits per heavy atom. The first-order valence-electron chi connectivity index (χ1n) is 6.85. The fourth-order valence-corrected chi connectivity index (χ4v) is 2.44. The van der Waals surface area contributed by atoms with Crippen molar-refractivity contribution in [3.63, 3.8) is 0 Å².